The molecule has 0 aliphatic heterocycles. The predicted octanol–water partition coefficient (Wildman–Crippen LogP) is 2.53. The van der Waals surface area contributed by atoms with Crippen molar-refractivity contribution in [1.29, 1.82) is 0 Å². The molecule has 90 valence electrons. The third-order valence-corrected chi connectivity index (χ3v) is 2.64. The van der Waals surface area contributed by atoms with Crippen LogP contribution in [0.25, 0.3) is 0 Å². The van der Waals surface area contributed by atoms with Crippen molar-refractivity contribution in [3.63, 3.8) is 0 Å². The van der Waals surface area contributed by atoms with Gasteiger partial charge in [0.25, 0.3) is 5.69 Å². The average Bonchev–Trinajstić information content (AvgIpc) is 2.39. The highest BCUT2D eigenvalue weighted by Gasteiger charge is 2.19. The zero-order valence-electron chi connectivity index (χ0n) is 9.66. The number of aromatic nitrogens is 1. The quantitative estimate of drug-likeness (QED) is 0.471. The van der Waals surface area contributed by atoms with E-state index in [2.05, 4.69) is 4.98 Å². The van der Waals surface area contributed by atoms with Gasteiger partial charge in [0.15, 0.2) is 0 Å². The van der Waals surface area contributed by atoms with E-state index in [9.17, 15) is 14.9 Å². The first-order valence-electron chi connectivity index (χ1n) is 5.31. The molecule has 0 bridgehead atoms. The summed E-state index contributed by atoms with van der Waals surface area (Å²) >= 11 is 0. The van der Waals surface area contributed by atoms with Gasteiger partial charge in [-0.25, -0.2) is 0 Å². The number of ketones is 1. The number of carbonyl (C=O) groups excluding carboxylic acids is 1. The molecule has 5 nitrogen and oxygen atoms in total. The average molecular weight is 242 g/mol. The van der Waals surface area contributed by atoms with Gasteiger partial charge in [-0.15, -0.1) is 0 Å². The maximum absolute atomic E-state index is 12.2. The van der Waals surface area contributed by atoms with Crippen LogP contribution in [0.2, 0.25) is 0 Å². The molecule has 0 radical (unpaired) electrons. The summed E-state index contributed by atoms with van der Waals surface area (Å²) in [5.41, 5.74) is 0.888. The van der Waals surface area contributed by atoms with Crippen LogP contribution < -0.4 is 0 Å². The van der Waals surface area contributed by atoms with E-state index in [1.54, 1.807) is 31.2 Å². The number of hydrogen-bond donors (Lipinski definition) is 0. The lowest BCUT2D eigenvalue weighted by Crippen LogP contribution is -2.07. The van der Waals surface area contributed by atoms with Gasteiger partial charge in [0.2, 0.25) is 5.78 Å². The number of carbonyl (C=O) groups is 1. The summed E-state index contributed by atoms with van der Waals surface area (Å²) in [5.74, 6) is -0.309. The molecule has 1 heterocycles. The van der Waals surface area contributed by atoms with Crippen LogP contribution in [-0.2, 0) is 0 Å². The molecular weight excluding hydrogens is 232 g/mol. The molecule has 0 fully saturated rings. The van der Waals surface area contributed by atoms with Crippen molar-refractivity contribution < 1.29 is 9.72 Å². The van der Waals surface area contributed by atoms with Crippen molar-refractivity contribution in [2.24, 2.45) is 0 Å². The maximum atomic E-state index is 12.2. The summed E-state index contributed by atoms with van der Waals surface area (Å²) in [4.78, 5) is 26.4. The Morgan fingerprint density at radius 1 is 1.22 bits per heavy atom. The van der Waals surface area contributed by atoms with Gasteiger partial charge in [0, 0.05) is 23.4 Å². The smallest absolute Gasteiger partial charge is 0.273 e. The van der Waals surface area contributed by atoms with E-state index in [-0.39, 0.29) is 17.2 Å². The minimum Gasteiger partial charge on any atom is -0.287 e. The van der Waals surface area contributed by atoms with Gasteiger partial charge in [0.05, 0.1) is 4.92 Å². The number of rotatable bonds is 3. The van der Waals surface area contributed by atoms with Crippen LogP contribution in [0.5, 0.6) is 0 Å². The number of hydrogen-bond acceptors (Lipinski definition) is 4. The molecular formula is C13H10N2O3. The fraction of sp³-hybridized carbons (Fsp3) is 0.0769. The van der Waals surface area contributed by atoms with Crippen molar-refractivity contribution in [2.45, 2.75) is 6.92 Å². The lowest BCUT2D eigenvalue weighted by atomic mass is 10.0. The van der Waals surface area contributed by atoms with Crippen LogP contribution in [0.4, 0.5) is 5.69 Å². The summed E-state index contributed by atoms with van der Waals surface area (Å²) < 4.78 is 0. The van der Waals surface area contributed by atoms with E-state index in [0.29, 0.717) is 11.1 Å². The monoisotopic (exact) mass is 242 g/mol. The van der Waals surface area contributed by atoms with Gasteiger partial charge < -0.3 is 0 Å². The van der Waals surface area contributed by atoms with Crippen molar-refractivity contribution in [1.82, 2.24) is 4.98 Å². The molecule has 0 unspecified atom stereocenters. The minimum atomic E-state index is -0.496. The molecule has 0 saturated carbocycles. The number of pyridine rings is 1. The highest BCUT2D eigenvalue weighted by atomic mass is 16.6. The molecule has 0 N–H and O–H groups in total. The maximum Gasteiger partial charge on any atom is 0.273 e. The number of nitro benzene ring substituents is 1. The topological polar surface area (TPSA) is 73.1 Å². The van der Waals surface area contributed by atoms with E-state index in [0.717, 1.165) is 0 Å². The summed E-state index contributed by atoms with van der Waals surface area (Å²) in [6.45, 7) is 1.56. The van der Waals surface area contributed by atoms with E-state index >= 15 is 0 Å². The first-order chi connectivity index (χ1) is 8.61. The van der Waals surface area contributed by atoms with E-state index < -0.39 is 4.92 Å². The third-order valence-electron chi connectivity index (χ3n) is 2.64. The van der Waals surface area contributed by atoms with Crippen molar-refractivity contribution in [2.75, 3.05) is 0 Å². The Labute approximate surface area is 103 Å². The Bertz CT molecular complexity index is 609. The lowest BCUT2D eigenvalue weighted by molar-refractivity contribution is -0.385. The predicted molar refractivity (Wildman–Crippen MR) is 65.5 cm³/mol. The number of nitro groups is 1. The summed E-state index contributed by atoms with van der Waals surface area (Å²) in [7, 11) is 0. The van der Waals surface area contributed by atoms with Crippen molar-refractivity contribution in [3.05, 3.63) is 69.5 Å². The number of benzene rings is 1. The van der Waals surface area contributed by atoms with Gasteiger partial charge in [-0.05, 0) is 19.1 Å². The van der Waals surface area contributed by atoms with Gasteiger partial charge in [0.1, 0.15) is 5.69 Å². The second kappa shape index (κ2) is 4.75. The minimum absolute atomic E-state index is 0.0585. The molecule has 0 amide bonds. The Kier molecular flexibility index (Phi) is 3.14. The van der Waals surface area contributed by atoms with Crippen LogP contribution >= 0.6 is 0 Å². The Hall–Kier alpha value is -2.56. The molecule has 0 aliphatic carbocycles. The highest BCUT2D eigenvalue weighted by Crippen LogP contribution is 2.22. The highest BCUT2D eigenvalue weighted by molar-refractivity contribution is 6.09. The third kappa shape index (κ3) is 2.10. The first-order valence-corrected chi connectivity index (χ1v) is 5.31. The Balaban J connectivity index is 2.50. The number of nitrogens with zero attached hydrogens (tertiary/aromatic N) is 2. The zero-order chi connectivity index (χ0) is 13.1. The second-order valence-corrected chi connectivity index (χ2v) is 3.75. The Morgan fingerprint density at radius 2 is 2.00 bits per heavy atom. The standard InChI is InChI=1S/C13H10N2O3/c1-9-10(5-4-7-12(9)15(17)18)13(16)11-6-2-3-8-14-11/h2-8H,1H3. The Morgan fingerprint density at radius 3 is 2.61 bits per heavy atom. The molecule has 2 aromatic rings. The summed E-state index contributed by atoms with van der Waals surface area (Å²) in [6.07, 6.45) is 1.51. The summed E-state index contributed by atoms with van der Waals surface area (Å²) in [6, 6.07) is 9.44. The molecule has 1 aromatic carbocycles. The zero-order valence-corrected chi connectivity index (χ0v) is 9.66. The van der Waals surface area contributed by atoms with Crippen molar-refractivity contribution >= 4 is 11.5 Å². The van der Waals surface area contributed by atoms with E-state index in [1.807, 2.05) is 0 Å². The molecule has 1 aromatic heterocycles. The van der Waals surface area contributed by atoms with Crippen molar-refractivity contribution in [3.8, 4) is 0 Å². The molecule has 0 aliphatic rings. The molecule has 2 rings (SSSR count). The molecule has 0 spiro atoms. The lowest BCUT2D eigenvalue weighted by Gasteiger charge is -2.04. The van der Waals surface area contributed by atoms with Crippen LogP contribution in [0.15, 0.2) is 42.6 Å². The van der Waals surface area contributed by atoms with E-state index in [1.165, 1.54) is 18.3 Å². The van der Waals surface area contributed by atoms with Crippen LogP contribution in [0.1, 0.15) is 21.6 Å². The van der Waals surface area contributed by atoms with E-state index in [4.69, 9.17) is 0 Å². The fourth-order valence-electron chi connectivity index (χ4n) is 1.70. The van der Waals surface area contributed by atoms with Gasteiger partial charge >= 0.3 is 0 Å². The largest absolute Gasteiger partial charge is 0.287 e. The van der Waals surface area contributed by atoms with Gasteiger partial charge in [-0.2, -0.15) is 0 Å². The second-order valence-electron chi connectivity index (χ2n) is 3.75. The first kappa shape index (κ1) is 11.9. The normalized spacial score (nSPS) is 10.1. The van der Waals surface area contributed by atoms with Crippen LogP contribution in [-0.4, -0.2) is 15.7 Å². The van der Waals surface area contributed by atoms with Gasteiger partial charge in [-0.3, -0.25) is 19.9 Å². The molecule has 5 heteroatoms. The molecule has 0 saturated heterocycles. The van der Waals surface area contributed by atoms with Crippen LogP contribution in [0.3, 0.4) is 0 Å². The van der Waals surface area contributed by atoms with Crippen LogP contribution in [0, 0.1) is 17.0 Å². The van der Waals surface area contributed by atoms with Gasteiger partial charge in [-0.1, -0.05) is 18.2 Å². The molecule has 0 atom stereocenters. The molecule has 18 heavy (non-hydrogen) atoms. The summed E-state index contributed by atoms with van der Waals surface area (Å²) in [5, 5.41) is 10.8. The SMILES string of the molecule is Cc1c(C(=O)c2ccccn2)cccc1[N+](=O)[O-]. The fourth-order valence-corrected chi connectivity index (χ4v) is 1.70.